The summed E-state index contributed by atoms with van der Waals surface area (Å²) in [7, 11) is 0. The maximum Gasteiger partial charge on any atom is 0.340 e. The third kappa shape index (κ3) is 4.87. The first kappa shape index (κ1) is 24.0. The highest BCUT2D eigenvalue weighted by atomic mass is 32.1. The van der Waals surface area contributed by atoms with E-state index in [9.17, 15) is 19.2 Å². The smallest absolute Gasteiger partial charge is 0.340 e. The Hall–Kier alpha value is -4.18. The van der Waals surface area contributed by atoms with Crippen molar-refractivity contribution >= 4 is 39.1 Å². The molecule has 4 aromatic rings. The normalized spacial score (nSPS) is 10.8. The largest absolute Gasteiger partial charge is 0.494 e. The Labute approximate surface area is 204 Å². The van der Waals surface area contributed by atoms with E-state index in [2.05, 4.69) is 5.32 Å². The fourth-order valence-corrected chi connectivity index (χ4v) is 4.46. The third-order valence-electron chi connectivity index (χ3n) is 5.16. The zero-order valence-corrected chi connectivity index (χ0v) is 20.0. The van der Waals surface area contributed by atoms with Gasteiger partial charge in [-0.1, -0.05) is 12.1 Å². The van der Waals surface area contributed by atoms with Gasteiger partial charge in [0.15, 0.2) is 0 Å². The van der Waals surface area contributed by atoms with Crippen LogP contribution < -0.4 is 21.3 Å². The van der Waals surface area contributed by atoms with Gasteiger partial charge in [0.25, 0.3) is 5.56 Å². The van der Waals surface area contributed by atoms with E-state index in [0.29, 0.717) is 28.3 Å². The van der Waals surface area contributed by atoms with Gasteiger partial charge in [0.05, 0.1) is 35.7 Å². The van der Waals surface area contributed by atoms with Crippen molar-refractivity contribution in [3.05, 3.63) is 86.4 Å². The van der Waals surface area contributed by atoms with Crippen LogP contribution >= 0.6 is 11.3 Å². The number of hydrogen-bond acceptors (Lipinski definition) is 7. The molecule has 1 N–H and O–H groups in total. The second-order valence-corrected chi connectivity index (χ2v) is 8.30. The van der Waals surface area contributed by atoms with E-state index in [-0.39, 0.29) is 24.4 Å². The first-order valence-corrected chi connectivity index (χ1v) is 11.8. The molecule has 10 heteroatoms. The first-order valence-electron chi connectivity index (χ1n) is 11.0. The molecule has 2 aromatic heterocycles. The molecule has 0 spiro atoms. The van der Waals surface area contributed by atoms with Crippen LogP contribution in [-0.2, 0) is 16.1 Å². The fourth-order valence-electron chi connectivity index (χ4n) is 3.64. The Morgan fingerprint density at radius 1 is 0.971 bits per heavy atom. The number of thiophene rings is 1. The summed E-state index contributed by atoms with van der Waals surface area (Å²) in [6.07, 6.45) is 0. The van der Waals surface area contributed by atoms with E-state index < -0.39 is 23.1 Å². The summed E-state index contributed by atoms with van der Waals surface area (Å²) >= 11 is 1.19. The second kappa shape index (κ2) is 10.4. The molecular formula is C25H23N3O6S. The van der Waals surface area contributed by atoms with Gasteiger partial charge in [-0.2, -0.15) is 0 Å². The third-order valence-corrected chi connectivity index (χ3v) is 6.05. The molecule has 0 aliphatic heterocycles. The van der Waals surface area contributed by atoms with Gasteiger partial charge in [0.2, 0.25) is 5.91 Å². The van der Waals surface area contributed by atoms with Crippen LogP contribution in [0.4, 0.5) is 5.69 Å². The highest BCUT2D eigenvalue weighted by Crippen LogP contribution is 2.19. The number of anilines is 1. The summed E-state index contributed by atoms with van der Waals surface area (Å²) in [5.41, 5.74) is 0.0782. The van der Waals surface area contributed by atoms with Crippen molar-refractivity contribution in [3.8, 4) is 11.4 Å². The van der Waals surface area contributed by atoms with Crippen LogP contribution in [0.3, 0.4) is 0 Å². The molecule has 9 nitrogen and oxygen atoms in total. The van der Waals surface area contributed by atoms with Crippen LogP contribution in [0.25, 0.3) is 15.9 Å². The topological polar surface area (TPSA) is 109 Å². The quantitative estimate of drug-likeness (QED) is 0.377. The molecule has 2 heterocycles. The minimum atomic E-state index is -0.654. The summed E-state index contributed by atoms with van der Waals surface area (Å²) in [5, 5.41) is 4.37. The van der Waals surface area contributed by atoms with Crippen molar-refractivity contribution in [3.63, 3.8) is 0 Å². The van der Waals surface area contributed by atoms with Crippen molar-refractivity contribution in [2.45, 2.75) is 20.4 Å². The molecule has 0 fully saturated rings. The molecule has 0 bridgehead atoms. The SMILES string of the molecule is CCOC(=O)c1ccccc1NC(=O)Cn1c(=O)n(-c2ccc(OCC)cc2)c(=O)c2sccc21. The molecule has 35 heavy (non-hydrogen) atoms. The van der Waals surface area contributed by atoms with Crippen LogP contribution in [0.15, 0.2) is 69.6 Å². The molecule has 0 saturated carbocycles. The number of ether oxygens (including phenoxy) is 2. The number of benzene rings is 2. The fraction of sp³-hybridized carbons (Fsp3) is 0.200. The Bertz CT molecular complexity index is 1500. The molecule has 1 amide bonds. The number of carbonyl (C=O) groups excluding carboxylic acids is 2. The summed E-state index contributed by atoms with van der Waals surface area (Å²) in [4.78, 5) is 51.7. The van der Waals surface area contributed by atoms with Gasteiger partial charge in [-0.15, -0.1) is 11.3 Å². The van der Waals surface area contributed by atoms with Crippen molar-refractivity contribution in [2.75, 3.05) is 18.5 Å². The van der Waals surface area contributed by atoms with Crippen molar-refractivity contribution in [1.82, 2.24) is 9.13 Å². The minimum Gasteiger partial charge on any atom is -0.494 e. The molecular weight excluding hydrogens is 470 g/mol. The zero-order chi connectivity index (χ0) is 24.9. The average Bonchev–Trinajstić information content (AvgIpc) is 3.34. The number of nitrogens with one attached hydrogen (secondary N) is 1. The summed E-state index contributed by atoms with van der Waals surface area (Å²) in [6, 6.07) is 14.7. The molecule has 4 rings (SSSR count). The Morgan fingerprint density at radius 3 is 2.43 bits per heavy atom. The summed E-state index contributed by atoms with van der Waals surface area (Å²) < 4.78 is 13.1. The van der Waals surface area contributed by atoms with Crippen LogP contribution in [0.2, 0.25) is 0 Å². The Morgan fingerprint density at radius 2 is 1.71 bits per heavy atom. The number of para-hydroxylation sites is 1. The highest BCUT2D eigenvalue weighted by Gasteiger charge is 2.19. The zero-order valence-electron chi connectivity index (χ0n) is 19.1. The lowest BCUT2D eigenvalue weighted by molar-refractivity contribution is -0.116. The molecule has 180 valence electrons. The number of amides is 1. The van der Waals surface area contributed by atoms with Crippen molar-refractivity contribution in [2.24, 2.45) is 0 Å². The van der Waals surface area contributed by atoms with E-state index in [1.165, 1.54) is 15.9 Å². The number of rotatable bonds is 8. The number of fused-ring (bicyclic) bond motifs is 1. The molecule has 0 aliphatic carbocycles. The van der Waals surface area contributed by atoms with Gasteiger partial charge >= 0.3 is 11.7 Å². The van der Waals surface area contributed by atoms with E-state index in [0.717, 1.165) is 4.57 Å². The molecule has 0 radical (unpaired) electrons. The van der Waals surface area contributed by atoms with E-state index in [1.807, 2.05) is 6.92 Å². The van der Waals surface area contributed by atoms with Gasteiger partial charge in [-0.25, -0.2) is 14.2 Å². The Kier molecular flexibility index (Phi) is 7.11. The van der Waals surface area contributed by atoms with Crippen LogP contribution in [-0.4, -0.2) is 34.2 Å². The maximum absolute atomic E-state index is 13.4. The van der Waals surface area contributed by atoms with Gasteiger partial charge in [-0.3, -0.25) is 14.2 Å². The lowest BCUT2D eigenvalue weighted by Gasteiger charge is -2.14. The van der Waals surface area contributed by atoms with E-state index in [1.54, 1.807) is 66.9 Å². The van der Waals surface area contributed by atoms with E-state index in [4.69, 9.17) is 9.47 Å². The van der Waals surface area contributed by atoms with E-state index >= 15 is 0 Å². The molecule has 0 atom stereocenters. The molecule has 0 aliphatic rings. The van der Waals surface area contributed by atoms with Crippen molar-refractivity contribution in [1.29, 1.82) is 0 Å². The number of aromatic nitrogens is 2. The van der Waals surface area contributed by atoms with Crippen LogP contribution in [0.1, 0.15) is 24.2 Å². The predicted octanol–water partition coefficient (Wildman–Crippen LogP) is 3.43. The minimum absolute atomic E-state index is 0.194. The average molecular weight is 494 g/mol. The summed E-state index contributed by atoms with van der Waals surface area (Å²) in [6.45, 7) is 3.87. The number of nitrogens with zero attached hydrogens (tertiary/aromatic N) is 2. The standard InChI is InChI=1S/C25H23N3O6S/c1-3-33-17-11-9-16(10-12-17)28-23(30)22-20(13-14-35-22)27(25(28)32)15-21(29)26-19-8-6-5-7-18(19)24(31)34-4-2/h5-14H,3-4,15H2,1-2H3,(H,26,29). The van der Waals surface area contributed by atoms with Gasteiger partial charge in [0, 0.05) is 0 Å². The monoisotopic (exact) mass is 493 g/mol. The first-order chi connectivity index (χ1) is 16.9. The lowest BCUT2D eigenvalue weighted by atomic mass is 10.2. The molecule has 0 unspecified atom stereocenters. The Balaban J connectivity index is 1.71. The van der Waals surface area contributed by atoms with Crippen LogP contribution in [0, 0.1) is 0 Å². The molecule has 2 aromatic carbocycles. The van der Waals surface area contributed by atoms with Gasteiger partial charge in [0.1, 0.15) is 17.0 Å². The lowest BCUT2D eigenvalue weighted by Crippen LogP contribution is -2.40. The van der Waals surface area contributed by atoms with Gasteiger partial charge < -0.3 is 14.8 Å². The highest BCUT2D eigenvalue weighted by molar-refractivity contribution is 7.17. The predicted molar refractivity (Wildman–Crippen MR) is 134 cm³/mol. The van der Waals surface area contributed by atoms with Gasteiger partial charge in [-0.05, 0) is 61.7 Å². The number of hydrogen-bond donors (Lipinski definition) is 1. The summed E-state index contributed by atoms with van der Waals surface area (Å²) in [5.74, 6) is -0.487. The van der Waals surface area contributed by atoms with Crippen molar-refractivity contribution < 1.29 is 19.1 Å². The molecule has 0 saturated heterocycles. The van der Waals surface area contributed by atoms with Crippen LogP contribution in [0.5, 0.6) is 5.75 Å². The maximum atomic E-state index is 13.4. The second-order valence-electron chi connectivity index (χ2n) is 7.39. The number of esters is 1. The number of carbonyl (C=O) groups is 2.